The molecule has 31 heavy (non-hydrogen) atoms. The van der Waals surface area contributed by atoms with Gasteiger partial charge in [-0.2, -0.15) is 0 Å². The molecule has 0 aromatic heterocycles. The summed E-state index contributed by atoms with van der Waals surface area (Å²) in [6.07, 6.45) is 7.13. The number of aliphatic hydroxyl groups is 1. The Morgan fingerprint density at radius 1 is 1.19 bits per heavy atom. The molecule has 0 aromatic carbocycles. The number of rotatable bonds is 11. The zero-order chi connectivity index (χ0) is 23.5. The van der Waals surface area contributed by atoms with Crippen LogP contribution in [0, 0.1) is 23.2 Å². The summed E-state index contributed by atoms with van der Waals surface area (Å²) in [6, 6.07) is 2.95. The average molecular weight is 459 g/mol. The SMILES string of the molecule is CC[Si](CC)(CC)OC(C)(C)CC(F)(F)C[C@@H](C)[C@H]1CC[C@H]2/C(=C/CO)CCC[C@]12C. The van der Waals surface area contributed by atoms with E-state index in [1.165, 1.54) is 5.57 Å². The van der Waals surface area contributed by atoms with Crippen LogP contribution in [-0.4, -0.2) is 31.6 Å². The molecule has 0 bridgehead atoms. The highest BCUT2D eigenvalue weighted by atomic mass is 28.4. The topological polar surface area (TPSA) is 29.5 Å². The van der Waals surface area contributed by atoms with Crippen molar-refractivity contribution in [2.45, 2.75) is 123 Å². The predicted octanol–water partition coefficient (Wildman–Crippen LogP) is 7.97. The van der Waals surface area contributed by atoms with Gasteiger partial charge in [-0.15, -0.1) is 0 Å². The third-order valence-corrected chi connectivity index (χ3v) is 13.7. The highest BCUT2D eigenvalue weighted by Gasteiger charge is 2.52. The van der Waals surface area contributed by atoms with E-state index in [-0.39, 0.29) is 30.8 Å². The maximum atomic E-state index is 15.3. The third-order valence-electron chi connectivity index (χ3n) is 8.81. The monoisotopic (exact) mass is 458 g/mol. The highest BCUT2D eigenvalue weighted by Crippen LogP contribution is 2.60. The lowest BCUT2D eigenvalue weighted by Crippen LogP contribution is -2.47. The molecule has 1 N–H and O–H groups in total. The number of hydrogen-bond acceptors (Lipinski definition) is 2. The standard InChI is InChI=1S/C26H48F2O2Si/c1-8-31(9-2,10-3)30-24(5,6)19-26(27,28)18-20(4)22-13-14-23-21(15-17-29)12-11-16-25(22,23)7/h15,20,22-23,29H,8-14,16-19H2,1-7H3/b21-15+/t20-,22-,23+,25-/m1/s1. The molecular formula is C26H48F2O2Si. The van der Waals surface area contributed by atoms with Crippen LogP contribution in [0.25, 0.3) is 0 Å². The fourth-order valence-corrected chi connectivity index (χ4v) is 10.5. The molecule has 0 amide bonds. The molecule has 0 heterocycles. The summed E-state index contributed by atoms with van der Waals surface area (Å²) < 4.78 is 37.2. The minimum atomic E-state index is -2.72. The van der Waals surface area contributed by atoms with Gasteiger partial charge in [0.2, 0.25) is 0 Å². The molecule has 2 aliphatic carbocycles. The largest absolute Gasteiger partial charge is 0.412 e. The van der Waals surface area contributed by atoms with Crippen molar-refractivity contribution in [1.82, 2.24) is 0 Å². The lowest BCUT2D eigenvalue weighted by Gasteiger charge is -2.45. The van der Waals surface area contributed by atoms with E-state index < -0.39 is 19.8 Å². The molecule has 0 radical (unpaired) electrons. The lowest BCUT2D eigenvalue weighted by atomic mass is 9.60. The molecule has 0 aromatic rings. The van der Waals surface area contributed by atoms with E-state index in [1.807, 2.05) is 26.8 Å². The van der Waals surface area contributed by atoms with Gasteiger partial charge in [-0.25, -0.2) is 8.78 Å². The molecule has 2 saturated carbocycles. The molecule has 4 atom stereocenters. The van der Waals surface area contributed by atoms with Crippen LogP contribution in [0.15, 0.2) is 11.6 Å². The summed E-state index contributed by atoms with van der Waals surface area (Å²) in [7, 11) is -1.93. The van der Waals surface area contributed by atoms with Crippen LogP contribution in [0.1, 0.15) is 93.4 Å². The summed E-state index contributed by atoms with van der Waals surface area (Å²) in [6.45, 7) is 14.7. The molecule has 2 fully saturated rings. The van der Waals surface area contributed by atoms with Gasteiger partial charge in [-0.3, -0.25) is 0 Å². The zero-order valence-corrected chi connectivity index (χ0v) is 22.2. The Balaban J connectivity index is 2.08. The first-order chi connectivity index (χ1) is 14.4. The number of halogens is 2. The lowest BCUT2D eigenvalue weighted by molar-refractivity contribution is -0.0904. The minimum Gasteiger partial charge on any atom is -0.412 e. The van der Waals surface area contributed by atoms with E-state index in [2.05, 4.69) is 27.7 Å². The second-order valence-electron chi connectivity index (χ2n) is 11.4. The van der Waals surface area contributed by atoms with Crippen molar-refractivity contribution in [2.75, 3.05) is 6.61 Å². The summed E-state index contributed by atoms with van der Waals surface area (Å²) in [5, 5.41) is 9.41. The number of allylic oxidation sites excluding steroid dienone is 1. The molecular weight excluding hydrogens is 410 g/mol. The molecule has 0 aliphatic heterocycles. The van der Waals surface area contributed by atoms with E-state index >= 15 is 8.78 Å². The van der Waals surface area contributed by atoms with Crippen LogP contribution in [0.3, 0.4) is 0 Å². The van der Waals surface area contributed by atoms with E-state index in [4.69, 9.17) is 4.43 Å². The van der Waals surface area contributed by atoms with Gasteiger partial charge in [0, 0.05) is 12.8 Å². The van der Waals surface area contributed by atoms with Crippen molar-refractivity contribution in [2.24, 2.45) is 23.2 Å². The molecule has 2 aliphatic rings. The van der Waals surface area contributed by atoms with Gasteiger partial charge >= 0.3 is 0 Å². The molecule has 5 heteroatoms. The van der Waals surface area contributed by atoms with E-state index in [0.717, 1.165) is 50.2 Å². The first-order valence-corrected chi connectivity index (χ1v) is 15.3. The first kappa shape index (κ1) is 27.0. The predicted molar refractivity (Wildman–Crippen MR) is 129 cm³/mol. The van der Waals surface area contributed by atoms with E-state index in [1.54, 1.807) is 0 Å². The fourth-order valence-electron chi connectivity index (χ4n) is 7.27. The molecule has 0 spiro atoms. The van der Waals surface area contributed by atoms with Gasteiger partial charge in [0.05, 0.1) is 12.2 Å². The van der Waals surface area contributed by atoms with Crippen molar-refractivity contribution < 1.29 is 18.3 Å². The van der Waals surface area contributed by atoms with Gasteiger partial charge < -0.3 is 9.53 Å². The summed E-state index contributed by atoms with van der Waals surface area (Å²) in [4.78, 5) is 0. The van der Waals surface area contributed by atoms with Crippen LogP contribution >= 0.6 is 0 Å². The normalized spacial score (nSPS) is 29.9. The van der Waals surface area contributed by atoms with Crippen molar-refractivity contribution >= 4 is 8.32 Å². The number of alkyl halides is 2. The maximum Gasteiger partial charge on any atom is 0.251 e. The van der Waals surface area contributed by atoms with Gasteiger partial charge in [0.1, 0.15) is 0 Å². The smallest absolute Gasteiger partial charge is 0.251 e. The van der Waals surface area contributed by atoms with Crippen LogP contribution < -0.4 is 0 Å². The minimum absolute atomic E-state index is 0.0141. The Bertz CT molecular complexity index is 606. The third kappa shape index (κ3) is 6.20. The average Bonchev–Trinajstić information content (AvgIpc) is 3.03. The number of fused-ring (bicyclic) bond motifs is 1. The Hall–Kier alpha value is -0.263. The second-order valence-corrected chi connectivity index (χ2v) is 16.1. The summed E-state index contributed by atoms with van der Waals surface area (Å²) in [5.41, 5.74) is 0.670. The molecule has 0 unspecified atom stereocenters. The summed E-state index contributed by atoms with van der Waals surface area (Å²) in [5.74, 6) is -1.95. The van der Waals surface area contributed by atoms with Crippen LogP contribution in [0.2, 0.25) is 18.1 Å². The molecule has 2 rings (SSSR count). The summed E-state index contributed by atoms with van der Waals surface area (Å²) >= 11 is 0. The zero-order valence-electron chi connectivity index (χ0n) is 21.2. The molecule has 182 valence electrons. The van der Waals surface area contributed by atoms with Crippen LogP contribution in [-0.2, 0) is 4.43 Å². The Kier molecular flexibility index (Phi) is 9.00. The Labute approximate surface area is 191 Å². The van der Waals surface area contributed by atoms with Gasteiger partial charge in [-0.1, -0.05) is 46.3 Å². The van der Waals surface area contributed by atoms with Gasteiger partial charge in [0.25, 0.3) is 5.92 Å². The fraction of sp³-hybridized carbons (Fsp3) is 0.923. The van der Waals surface area contributed by atoms with Crippen molar-refractivity contribution in [3.05, 3.63) is 11.6 Å². The Morgan fingerprint density at radius 3 is 2.35 bits per heavy atom. The quantitative estimate of drug-likeness (QED) is 0.251. The van der Waals surface area contributed by atoms with Crippen molar-refractivity contribution in [3.8, 4) is 0 Å². The number of aliphatic hydroxyl groups excluding tert-OH is 1. The Morgan fingerprint density at radius 2 is 1.81 bits per heavy atom. The van der Waals surface area contributed by atoms with Crippen molar-refractivity contribution in [1.29, 1.82) is 0 Å². The number of hydrogen-bond donors (Lipinski definition) is 1. The van der Waals surface area contributed by atoms with Gasteiger partial charge in [-0.05, 0) is 87.3 Å². The van der Waals surface area contributed by atoms with Crippen LogP contribution in [0.4, 0.5) is 8.78 Å². The molecule has 0 saturated heterocycles. The van der Waals surface area contributed by atoms with Gasteiger partial charge in [0.15, 0.2) is 8.32 Å². The second kappa shape index (κ2) is 10.3. The highest BCUT2D eigenvalue weighted by molar-refractivity contribution is 6.73. The van der Waals surface area contributed by atoms with Crippen molar-refractivity contribution in [3.63, 3.8) is 0 Å². The van der Waals surface area contributed by atoms with E-state index in [0.29, 0.717) is 11.8 Å². The molecule has 2 nitrogen and oxygen atoms in total. The van der Waals surface area contributed by atoms with Crippen LogP contribution in [0.5, 0.6) is 0 Å². The van der Waals surface area contributed by atoms with E-state index in [9.17, 15) is 5.11 Å². The maximum absolute atomic E-state index is 15.3. The first-order valence-electron chi connectivity index (χ1n) is 12.8.